The second kappa shape index (κ2) is 5.72. The van der Waals surface area contributed by atoms with Gasteiger partial charge in [-0.05, 0) is 12.1 Å². The third-order valence-electron chi connectivity index (χ3n) is 1.93. The number of rotatable bonds is 2. The van der Waals surface area contributed by atoms with Crippen molar-refractivity contribution >= 4 is 24.0 Å². The quantitative estimate of drug-likeness (QED) is 0.872. The van der Waals surface area contributed by atoms with Crippen LogP contribution in [-0.4, -0.2) is 11.7 Å². The van der Waals surface area contributed by atoms with Gasteiger partial charge in [-0.1, -0.05) is 17.7 Å². The molecule has 1 aromatic carbocycles. The highest BCUT2D eigenvalue weighted by atomic mass is 35.5. The minimum Gasteiger partial charge on any atom is -0.394 e. The fourth-order valence-electron chi connectivity index (χ4n) is 1.25. The van der Waals surface area contributed by atoms with Crippen LogP contribution in [-0.2, 0) is 6.18 Å². The van der Waals surface area contributed by atoms with Crippen LogP contribution in [0, 0.1) is 0 Å². The molecule has 0 bridgehead atoms. The van der Waals surface area contributed by atoms with E-state index in [2.05, 4.69) is 0 Å². The Balaban J connectivity index is 0.00000225. The van der Waals surface area contributed by atoms with Crippen LogP contribution in [0.15, 0.2) is 18.2 Å². The van der Waals surface area contributed by atoms with Gasteiger partial charge in [-0.25, -0.2) is 0 Å². The summed E-state index contributed by atoms with van der Waals surface area (Å²) in [6.07, 6.45) is -4.52. The molecule has 0 aliphatic carbocycles. The molecule has 1 rings (SSSR count). The number of aliphatic hydroxyl groups excluding tert-OH is 1. The van der Waals surface area contributed by atoms with Crippen molar-refractivity contribution in [2.75, 3.05) is 6.61 Å². The molecule has 0 radical (unpaired) electrons. The molecule has 92 valence electrons. The van der Waals surface area contributed by atoms with Crippen molar-refractivity contribution in [3.8, 4) is 0 Å². The molecular formula is C9H10Cl2F3NO. The van der Waals surface area contributed by atoms with Crippen LogP contribution >= 0.6 is 24.0 Å². The van der Waals surface area contributed by atoms with Crippen LogP contribution in [0.3, 0.4) is 0 Å². The zero-order chi connectivity index (χ0) is 11.6. The second-order valence-corrected chi connectivity index (χ2v) is 3.40. The number of hydrogen-bond acceptors (Lipinski definition) is 2. The molecular weight excluding hydrogens is 266 g/mol. The third kappa shape index (κ3) is 3.25. The molecule has 0 aliphatic heterocycles. The van der Waals surface area contributed by atoms with Gasteiger partial charge in [0.2, 0.25) is 0 Å². The van der Waals surface area contributed by atoms with Gasteiger partial charge in [0.25, 0.3) is 0 Å². The van der Waals surface area contributed by atoms with Gasteiger partial charge in [0, 0.05) is 10.6 Å². The Kier molecular flexibility index (Phi) is 5.55. The van der Waals surface area contributed by atoms with Gasteiger partial charge in [-0.3, -0.25) is 0 Å². The topological polar surface area (TPSA) is 46.2 Å². The van der Waals surface area contributed by atoms with Gasteiger partial charge in [0.15, 0.2) is 0 Å². The monoisotopic (exact) mass is 275 g/mol. The van der Waals surface area contributed by atoms with Crippen LogP contribution in [0.5, 0.6) is 0 Å². The van der Waals surface area contributed by atoms with E-state index in [0.29, 0.717) is 0 Å². The first kappa shape index (κ1) is 15.5. The van der Waals surface area contributed by atoms with E-state index in [1.165, 1.54) is 12.1 Å². The number of hydrogen-bond donors (Lipinski definition) is 2. The molecule has 0 aliphatic rings. The molecule has 1 aromatic rings. The van der Waals surface area contributed by atoms with Crippen molar-refractivity contribution in [1.29, 1.82) is 0 Å². The van der Waals surface area contributed by atoms with E-state index in [1.54, 1.807) is 0 Å². The summed E-state index contributed by atoms with van der Waals surface area (Å²) >= 11 is 5.62. The standard InChI is InChI=1S/C9H9ClF3NO.ClH/c10-6-3-1-2-5(9(11,12)13)8(6)7(14)4-15;/h1-3,7,15H,4,14H2;1H/t7-;/m0./s1. The van der Waals surface area contributed by atoms with E-state index >= 15 is 0 Å². The van der Waals surface area contributed by atoms with Gasteiger partial charge in [0.1, 0.15) is 0 Å². The molecule has 1 atom stereocenters. The van der Waals surface area contributed by atoms with Crippen LogP contribution in [0.25, 0.3) is 0 Å². The number of aliphatic hydroxyl groups is 1. The summed E-state index contributed by atoms with van der Waals surface area (Å²) in [5, 5.41) is 8.66. The second-order valence-electron chi connectivity index (χ2n) is 2.99. The molecule has 0 aromatic heterocycles. The first-order chi connectivity index (χ1) is 6.88. The first-order valence-electron chi connectivity index (χ1n) is 4.10. The highest BCUT2D eigenvalue weighted by Gasteiger charge is 2.35. The van der Waals surface area contributed by atoms with Crippen LogP contribution < -0.4 is 5.73 Å². The number of benzene rings is 1. The molecule has 0 spiro atoms. The molecule has 0 amide bonds. The lowest BCUT2D eigenvalue weighted by Gasteiger charge is -2.17. The predicted octanol–water partition coefficient (Wildman–Crippen LogP) is 2.77. The number of nitrogens with two attached hydrogens (primary N) is 1. The zero-order valence-electron chi connectivity index (χ0n) is 7.96. The lowest BCUT2D eigenvalue weighted by molar-refractivity contribution is -0.138. The maximum atomic E-state index is 12.5. The highest BCUT2D eigenvalue weighted by molar-refractivity contribution is 6.31. The Morgan fingerprint density at radius 1 is 1.38 bits per heavy atom. The maximum Gasteiger partial charge on any atom is 0.416 e. The summed E-state index contributed by atoms with van der Waals surface area (Å²) < 4.78 is 37.6. The van der Waals surface area contributed by atoms with E-state index < -0.39 is 24.4 Å². The van der Waals surface area contributed by atoms with Gasteiger partial charge in [-0.2, -0.15) is 13.2 Å². The van der Waals surface area contributed by atoms with E-state index in [4.69, 9.17) is 22.4 Å². The summed E-state index contributed by atoms with van der Waals surface area (Å²) in [6, 6.07) is 2.26. The van der Waals surface area contributed by atoms with Crippen molar-refractivity contribution in [2.24, 2.45) is 5.73 Å². The molecule has 0 saturated heterocycles. The highest BCUT2D eigenvalue weighted by Crippen LogP contribution is 2.37. The lowest BCUT2D eigenvalue weighted by Crippen LogP contribution is -2.20. The molecule has 0 fully saturated rings. The largest absolute Gasteiger partial charge is 0.416 e. The SMILES string of the molecule is Cl.N[C@@H](CO)c1c(Cl)cccc1C(F)(F)F. The van der Waals surface area contributed by atoms with Crippen molar-refractivity contribution in [3.63, 3.8) is 0 Å². The molecule has 0 saturated carbocycles. The van der Waals surface area contributed by atoms with E-state index in [1.807, 2.05) is 0 Å². The minimum atomic E-state index is -4.52. The normalized spacial score (nSPS) is 13.1. The Morgan fingerprint density at radius 3 is 2.38 bits per heavy atom. The summed E-state index contributed by atoms with van der Waals surface area (Å²) in [5.74, 6) is 0. The van der Waals surface area contributed by atoms with Gasteiger partial charge in [0.05, 0.1) is 18.2 Å². The summed E-state index contributed by atoms with van der Waals surface area (Å²) in [5.41, 5.74) is 4.18. The summed E-state index contributed by atoms with van der Waals surface area (Å²) in [6.45, 7) is -0.590. The van der Waals surface area contributed by atoms with E-state index in [-0.39, 0.29) is 23.0 Å². The van der Waals surface area contributed by atoms with Crippen molar-refractivity contribution in [2.45, 2.75) is 12.2 Å². The summed E-state index contributed by atoms with van der Waals surface area (Å²) in [4.78, 5) is 0. The number of alkyl halides is 3. The zero-order valence-corrected chi connectivity index (χ0v) is 9.53. The maximum absolute atomic E-state index is 12.5. The van der Waals surface area contributed by atoms with Gasteiger partial charge in [-0.15, -0.1) is 12.4 Å². The predicted molar refractivity (Wildman–Crippen MR) is 57.7 cm³/mol. The van der Waals surface area contributed by atoms with Crippen molar-refractivity contribution in [3.05, 3.63) is 34.3 Å². The van der Waals surface area contributed by atoms with Gasteiger partial charge < -0.3 is 10.8 Å². The molecule has 0 unspecified atom stereocenters. The Hall–Kier alpha value is -0.490. The summed E-state index contributed by atoms with van der Waals surface area (Å²) in [7, 11) is 0. The number of halogens is 5. The Bertz CT molecular complexity index is 357. The van der Waals surface area contributed by atoms with Crippen LogP contribution in [0.2, 0.25) is 5.02 Å². The van der Waals surface area contributed by atoms with E-state index in [9.17, 15) is 13.2 Å². The fraction of sp³-hybridized carbons (Fsp3) is 0.333. The Morgan fingerprint density at radius 2 is 1.94 bits per heavy atom. The fourth-order valence-corrected chi connectivity index (χ4v) is 1.57. The van der Waals surface area contributed by atoms with Gasteiger partial charge >= 0.3 is 6.18 Å². The average Bonchev–Trinajstić information content (AvgIpc) is 2.15. The van der Waals surface area contributed by atoms with Crippen LogP contribution in [0.1, 0.15) is 17.2 Å². The van der Waals surface area contributed by atoms with Crippen LogP contribution in [0.4, 0.5) is 13.2 Å². The Labute approximate surface area is 102 Å². The van der Waals surface area contributed by atoms with E-state index in [0.717, 1.165) is 6.07 Å². The average molecular weight is 276 g/mol. The molecule has 2 nitrogen and oxygen atoms in total. The first-order valence-corrected chi connectivity index (χ1v) is 4.47. The molecule has 0 heterocycles. The molecule has 7 heteroatoms. The smallest absolute Gasteiger partial charge is 0.394 e. The minimum absolute atomic E-state index is 0. The molecule has 3 N–H and O–H groups in total. The molecule has 16 heavy (non-hydrogen) atoms. The lowest BCUT2D eigenvalue weighted by atomic mass is 10.0. The van der Waals surface area contributed by atoms with Crippen molar-refractivity contribution < 1.29 is 18.3 Å². The van der Waals surface area contributed by atoms with Crippen molar-refractivity contribution in [1.82, 2.24) is 0 Å². The third-order valence-corrected chi connectivity index (χ3v) is 2.26.